The Bertz CT molecular complexity index is 1200. The van der Waals surface area contributed by atoms with Crippen molar-refractivity contribution in [2.24, 2.45) is 0 Å². The molecular formula is C21H17Cl3N2O4S. The van der Waals surface area contributed by atoms with Gasteiger partial charge in [-0.15, -0.1) is 0 Å². The molecule has 3 rings (SSSR count). The fraction of sp³-hybridized carbons (Fsp3) is 0.0952. The number of nitrogens with one attached hydrogen (secondary N) is 1. The number of anilines is 2. The maximum atomic E-state index is 13.3. The van der Waals surface area contributed by atoms with Crippen molar-refractivity contribution >= 4 is 62.1 Å². The maximum absolute atomic E-state index is 13.3. The Morgan fingerprint density at radius 3 is 2.32 bits per heavy atom. The number of sulfonamides is 1. The molecule has 0 atom stereocenters. The fourth-order valence-electron chi connectivity index (χ4n) is 2.76. The number of benzene rings is 3. The van der Waals surface area contributed by atoms with Crippen molar-refractivity contribution in [2.45, 2.75) is 4.90 Å². The molecule has 3 aromatic rings. The first-order valence-electron chi connectivity index (χ1n) is 8.88. The highest BCUT2D eigenvalue weighted by Gasteiger charge is 2.28. The normalized spacial score (nSPS) is 11.1. The number of amides is 1. The van der Waals surface area contributed by atoms with E-state index in [2.05, 4.69) is 5.32 Å². The lowest BCUT2D eigenvalue weighted by molar-refractivity contribution is -0.114. The number of rotatable bonds is 7. The molecule has 0 radical (unpaired) electrons. The zero-order chi connectivity index (χ0) is 22.6. The van der Waals surface area contributed by atoms with E-state index < -0.39 is 22.5 Å². The molecule has 0 fully saturated rings. The van der Waals surface area contributed by atoms with E-state index >= 15 is 0 Å². The molecule has 162 valence electrons. The summed E-state index contributed by atoms with van der Waals surface area (Å²) < 4.78 is 32.8. The lowest BCUT2D eigenvalue weighted by atomic mass is 10.3. The molecule has 0 unspecified atom stereocenters. The van der Waals surface area contributed by atoms with E-state index in [0.29, 0.717) is 10.8 Å². The van der Waals surface area contributed by atoms with Crippen LogP contribution in [0.5, 0.6) is 5.75 Å². The molecule has 1 N–H and O–H groups in total. The van der Waals surface area contributed by atoms with Gasteiger partial charge in [0.1, 0.15) is 12.3 Å². The Kier molecular flexibility index (Phi) is 7.33. The van der Waals surface area contributed by atoms with Gasteiger partial charge in [0.15, 0.2) is 0 Å². The van der Waals surface area contributed by atoms with Crippen molar-refractivity contribution in [2.75, 3.05) is 23.3 Å². The molecule has 1 amide bonds. The smallest absolute Gasteiger partial charge is 0.264 e. The highest BCUT2D eigenvalue weighted by atomic mass is 35.5. The predicted molar refractivity (Wildman–Crippen MR) is 124 cm³/mol. The summed E-state index contributed by atoms with van der Waals surface area (Å²) in [4.78, 5) is 12.8. The summed E-state index contributed by atoms with van der Waals surface area (Å²) >= 11 is 18.3. The molecule has 31 heavy (non-hydrogen) atoms. The van der Waals surface area contributed by atoms with Gasteiger partial charge in [0.25, 0.3) is 10.0 Å². The molecule has 10 heteroatoms. The van der Waals surface area contributed by atoms with E-state index in [-0.39, 0.29) is 26.3 Å². The van der Waals surface area contributed by atoms with Crippen LogP contribution in [0.2, 0.25) is 15.1 Å². The molecule has 0 saturated carbocycles. The van der Waals surface area contributed by atoms with Crippen molar-refractivity contribution in [1.82, 2.24) is 0 Å². The second kappa shape index (κ2) is 9.78. The van der Waals surface area contributed by atoms with Gasteiger partial charge < -0.3 is 10.1 Å². The Morgan fingerprint density at radius 2 is 1.68 bits per heavy atom. The first kappa shape index (κ1) is 23.2. The molecule has 0 bridgehead atoms. The quantitative estimate of drug-likeness (QED) is 0.466. The molecule has 0 aliphatic heterocycles. The van der Waals surface area contributed by atoms with Crippen LogP contribution in [-0.4, -0.2) is 28.0 Å². The van der Waals surface area contributed by atoms with Crippen LogP contribution in [0.15, 0.2) is 71.6 Å². The molecule has 3 aromatic carbocycles. The molecule has 0 aromatic heterocycles. The largest absolute Gasteiger partial charge is 0.495 e. The van der Waals surface area contributed by atoms with Crippen molar-refractivity contribution < 1.29 is 17.9 Å². The minimum Gasteiger partial charge on any atom is -0.495 e. The monoisotopic (exact) mass is 498 g/mol. The van der Waals surface area contributed by atoms with Gasteiger partial charge in [-0.25, -0.2) is 8.42 Å². The van der Waals surface area contributed by atoms with Crippen LogP contribution in [-0.2, 0) is 14.8 Å². The zero-order valence-corrected chi connectivity index (χ0v) is 19.3. The van der Waals surface area contributed by atoms with Crippen LogP contribution in [0.1, 0.15) is 0 Å². The third-order valence-corrected chi connectivity index (χ3v) is 6.89. The summed E-state index contributed by atoms with van der Waals surface area (Å²) in [6, 6.07) is 16.8. The fourth-order valence-corrected chi connectivity index (χ4v) is 4.78. The summed E-state index contributed by atoms with van der Waals surface area (Å²) in [5, 5.41) is 3.43. The molecule has 0 aliphatic carbocycles. The van der Waals surface area contributed by atoms with Crippen LogP contribution in [0.3, 0.4) is 0 Å². The number of hydrogen-bond acceptors (Lipinski definition) is 4. The van der Waals surface area contributed by atoms with Crippen molar-refractivity contribution in [3.8, 4) is 5.75 Å². The van der Waals surface area contributed by atoms with E-state index in [4.69, 9.17) is 39.5 Å². The van der Waals surface area contributed by atoms with Crippen molar-refractivity contribution in [1.29, 1.82) is 0 Å². The molecule has 0 aliphatic rings. The molecule has 0 saturated heterocycles. The van der Waals surface area contributed by atoms with Crippen LogP contribution in [0, 0.1) is 0 Å². The third-order valence-electron chi connectivity index (χ3n) is 4.24. The summed E-state index contributed by atoms with van der Waals surface area (Å²) in [5.41, 5.74) is 0.464. The van der Waals surface area contributed by atoms with Gasteiger partial charge in [0.2, 0.25) is 5.91 Å². The van der Waals surface area contributed by atoms with Crippen LogP contribution >= 0.6 is 34.8 Å². The Labute approximate surface area is 195 Å². The van der Waals surface area contributed by atoms with E-state index in [1.807, 2.05) is 0 Å². The van der Waals surface area contributed by atoms with Crippen molar-refractivity contribution in [3.05, 3.63) is 81.8 Å². The second-order valence-corrected chi connectivity index (χ2v) is 9.43. The third kappa shape index (κ3) is 5.43. The van der Waals surface area contributed by atoms with Gasteiger partial charge in [0, 0.05) is 5.02 Å². The lowest BCUT2D eigenvalue weighted by Crippen LogP contribution is -2.38. The lowest BCUT2D eigenvalue weighted by Gasteiger charge is -2.24. The van der Waals surface area contributed by atoms with Crippen LogP contribution < -0.4 is 14.4 Å². The van der Waals surface area contributed by atoms with Crippen molar-refractivity contribution in [3.63, 3.8) is 0 Å². The minimum atomic E-state index is -4.08. The summed E-state index contributed by atoms with van der Waals surface area (Å²) in [5.74, 6) is -0.242. The molecule has 6 nitrogen and oxygen atoms in total. The number of ether oxygens (including phenoxy) is 1. The van der Waals surface area contributed by atoms with Crippen LogP contribution in [0.25, 0.3) is 0 Å². The number of carbonyl (C=O) groups is 1. The number of nitrogens with zero attached hydrogens (tertiary/aromatic N) is 1. The number of hydrogen-bond donors (Lipinski definition) is 1. The number of halogens is 3. The van der Waals surface area contributed by atoms with Gasteiger partial charge in [0.05, 0.1) is 33.4 Å². The Balaban J connectivity index is 1.99. The van der Waals surface area contributed by atoms with Gasteiger partial charge in [-0.05, 0) is 48.5 Å². The Morgan fingerprint density at radius 1 is 0.968 bits per heavy atom. The highest BCUT2D eigenvalue weighted by molar-refractivity contribution is 7.92. The summed E-state index contributed by atoms with van der Waals surface area (Å²) in [6.07, 6.45) is 0. The van der Waals surface area contributed by atoms with E-state index in [1.165, 1.54) is 49.6 Å². The first-order valence-corrected chi connectivity index (χ1v) is 11.5. The van der Waals surface area contributed by atoms with Gasteiger partial charge in [-0.2, -0.15) is 0 Å². The van der Waals surface area contributed by atoms with Gasteiger partial charge >= 0.3 is 0 Å². The topological polar surface area (TPSA) is 75.7 Å². The predicted octanol–water partition coefficient (Wildman–Crippen LogP) is 5.49. The molecule has 0 spiro atoms. The minimum absolute atomic E-state index is 0.0236. The average molecular weight is 500 g/mol. The Hall–Kier alpha value is -2.45. The van der Waals surface area contributed by atoms with E-state index in [0.717, 1.165) is 4.31 Å². The standard InChI is InChI=1S/C21H17Cl3N2O4S/c1-30-20-10-8-15(12-18(20)24)26(31(28,29)16-5-3-2-4-6-16)13-21(27)25-19-11-14(22)7-9-17(19)23/h2-12H,13H2,1H3,(H,25,27). The highest BCUT2D eigenvalue weighted by Crippen LogP contribution is 2.32. The molecule has 0 heterocycles. The second-order valence-electron chi connectivity index (χ2n) is 6.32. The summed E-state index contributed by atoms with van der Waals surface area (Å²) in [7, 11) is -2.64. The zero-order valence-electron chi connectivity index (χ0n) is 16.2. The summed E-state index contributed by atoms with van der Waals surface area (Å²) in [6.45, 7) is -0.525. The van der Waals surface area contributed by atoms with Crippen LogP contribution in [0.4, 0.5) is 11.4 Å². The SMILES string of the molecule is COc1ccc(N(CC(=O)Nc2cc(Cl)ccc2Cl)S(=O)(=O)c2ccccc2)cc1Cl. The van der Waals surface area contributed by atoms with Gasteiger partial charge in [-0.3, -0.25) is 9.10 Å². The first-order chi connectivity index (χ1) is 14.7. The number of methoxy groups -OCH3 is 1. The van der Waals surface area contributed by atoms with Gasteiger partial charge in [-0.1, -0.05) is 53.0 Å². The average Bonchev–Trinajstić information content (AvgIpc) is 2.75. The maximum Gasteiger partial charge on any atom is 0.264 e. The molecular weight excluding hydrogens is 483 g/mol. The van der Waals surface area contributed by atoms with E-state index in [9.17, 15) is 13.2 Å². The number of carbonyl (C=O) groups excluding carboxylic acids is 1. The van der Waals surface area contributed by atoms with E-state index in [1.54, 1.807) is 24.3 Å².